The molecule has 6 heteroatoms. The van der Waals surface area contributed by atoms with Crippen LogP contribution in [-0.2, 0) is 0 Å². The smallest absolute Gasteiger partial charge is 0.199 e. The number of ether oxygens (including phenoxy) is 2. The summed E-state index contributed by atoms with van der Waals surface area (Å²) in [4.78, 5) is 12.5. The molecule has 21 heavy (non-hydrogen) atoms. The predicted octanol–water partition coefficient (Wildman–Crippen LogP) is 4.49. The van der Waals surface area contributed by atoms with Gasteiger partial charge in [-0.2, -0.15) is 0 Å². The molecule has 3 nitrogen and oxygen atoms in total. The van der Waals surface area contributed by atoms with Crippen LogP contribution in [0.25, 0.3) is 0 Å². The lowest BCUT2D eigenvalue weighted by atomic mass is 10.0. The van der Waals surface area contributed by atoms with Gasteiger partial charge in [-0.15, -0.1) is 0 Å². The van der Waals surface area contributed by atoms with E-state index in [0.717, 1.165) is 6.07 Å². The molecule has 0 unspecified atom stereocenters. The first-order chi connectivity index (χ1) is 9.99. The molecule has 0 aliphatic carbocycles. The highest BCUT2D eigenvalue weighted by atomic mass is 79.9. The first kappa shape index (κ1) is 15.8. The number of carbonyl (C=O) groups is 1. The first-order valence-corrected chi connectivity index (χ1v) is 7.07. The quantitative estimate of drug-likeness (QED) is 0.741. The maximum absolute atomic E-state index is 13.9. The van der Waals surface area contributed by atoms with Gasteiger partial charge in [-0.1, -0.05) is 11.6 Å². The van der Waals surface area contributed by atoms with E-state index < -0.39 is 11.6 Å². The lowest BCUT2D eigenvalue weighted by Gasteiger charge is -2.13. The fourth-order valence-electron chi connectivity index (χ4n) is 1.89. The maximum atomic E-state index is 13.9. The zero-order valence-electron chi connectivity index (χ0n) is 11.2. The Hall–Kier alpha value is -1.59. The van der Waals surface area contributed by atoms with Gasteiger partial charge in [0, 0.05) is 5.02 Å². The molecule has 0 fully saturated rings. The van der Waals surface area contributed by atoms with Crippen molar-refractivity contribution < 1.29 is 18.7 Å². The van der Waals surface area contributed by atoms with Crippen LogP contribution in [0.2, 0.25) is 5.02 Å². The number of benzene rings is 2. The van der Waals surface area contributed by atoms with Crippen molar-refractivity contribution >= 4 is 33.3 Å². The van der Waals surface area contributed by atoms with E-state index in [1.165, 1.54) is 32.4 Å². The van der Waals surface area contributed by atoms with Crippen LogP contribution in [0.3, 0.4) is 0 Å². The van der Waals surface area contributed by atoms with Gasteiger partial charge < -0.3 is 9.47 Å². The third kappa shape index (κ3) is 3.04. The zero-order valence-corrected chi connectivity index (χ0v) is 13.6. The van der Waals surface area contributed by atoms with Crippen LogP contribution in [0.1, 0.15) is 15.9 Å². The predicted molar refractivity (Wildman–Crippen MR) is 82.1 cm³/mol. The molecule has 0 amide bonds. The first-order valence-electron chi connectivity index (χ1n) is 5.89. The summed E-state index contributed by atoms with van der Waals surface area (Å²) < 4.78 is 24.7. The zero-order chi connectivity index (χ0) is 15.6. The minimum atomic E-state index is -0.679. The summed E-state index contributed by atoms with van der Waals surface area (Å²) in [6, 6.07) is 7.03. The van der Waals surface area contributed by atoms with Crippen molar-refractivity contribution in [1.29, 1.82) is 0 Å². The molecular weight excluding hydrogens is 363 g/mol. The van der Waals surface area contributed by atoms with Crippen molar-refractivity contribution in [3.63, 3.8) is 0 Å². The lowest BCUT2D eigenvalue weighted by Crippen LogP contribution is -2.07. The van der Waals surface area contributed by atoms with E-state index in [1.807, 2.05) is 0 Å². The van der Waals surface area contributed by atoms with E-state index in [4.69, 9.17) is 21.1 Å². The topological polar surface area (TPSA) is 35.5 Å². The van der Waals surface area contributed by atoms with E-state index in [0.29, 0.717) is 10.2 Å². The molecule has 0 N–H and O–H groups in total. The van der Waals surface area contributed by atoms with Crippen LogP contribution in [0.5, 0.6) is 11.5 Å². The van der Waals surface area contributed by atoms with Crippen molar-refractivity contribution in [2.24, 2.45) is 0 Å². The molecule has 0 saturated carbocycles. The summed E-state index contributed by atoms with van der Waals surface area (Å²) in [6.07, 6.45) is 0. The number of halogens is 3. The normalized spacial score (nSPS) is 10.3. The Bertz CT molecular complexity index is 704. The Morgan fingerprint density at radius 3 is 2.38 bits per heavy atom. The summed E-state index contributed by atoms with van der Waals surface area (Å²) in [6.45, 7) is 0. The molecule has 2 rings (SSSR count). The molecule has 0 atom stereocenters. The van der Waals surface area contributed by atoms with Gasteiger partial charge in [0.1, 0.15) is 21.8 Å². The molecule has 0 spiro atoms. The average molecular weight is 374 g/mol. The fourth-order valence-corrected chi connectivity index (χ4v) is 2.72. The van der Waals surface area contributed by atoms with Crippen molar-refractivity contribution in [2.75, 3.05) is 14.2 Å². The van der Waals surface area contributed by atoms with Crippen LogP contribution in [0, 0.1) is 5.82 Å². The molecule has 0 bridgehead atoms. The monoisotopic (exact) mass is 372 g/mol. The van der Waals surface area contributed by atoms with Gasteiger partial charge in [0.25, 0.3) is 0 Å². The minimum Gasteiger partial charge on any atom is -0.495 e. The third-order valence-corrected chi connectivity index (χ3v) is 3.89. The minimum absolute atomic E-state index is 0.0743. The number of hydrogen-bond donors (Lipinski definition) is 0. The van der Waals surface area contributed by atoms with E-state index >= 15 is 0 Å². The summed E-state index contributed by atoms with van der Waals surface area (Å²) in [5.74, 6) is -0.375. The largest absolute Gasteiger partial charge is 0.495 e. The molecule has 2 aromatic rings. The fraction of sp³-hybridized carbons (Fsp3) is 0.133. The Morgan fingerprint density at radius 2 is 1.81 bits per heavy atom. The number of rotatable bonds is 4. The number of hydrogen-bond acceptors (Lipinski definition) is 3. The van der Waals surface area contributed by atoms with Gasteiger partial charge >= 0.3 is 0 Å². The average Bonchev–Trinajstić information content (AvgIpc) is 2.46. The molecule has 0 aliphatic rings. The summed E-state index contributed by atoms with van der Waals surface area (Å²) in [5, 5.41) is 0.229. The second-order valence-corrected chi connectivity index (χ2v) is 5.35. The van der Waals surface area contributed by atoms with Gasteiger partial charge in [0.2, 0.25) is 0 Å². The van der Waals surface area contributed by atoms with Crippen molar-refractivity contribution in [3.8, 4) is 11.5 Å². The van der Waals surface area contributed by atoms with Gasteiger partial charge in [-0.3, -0.25) is 4.79 Å². The molecule has 0 radical (unpaired) electrons. The Kier molecular flexibility index (Phi) is 4.85. The van der Waals surface area contributed by atoms with Gasteiger partial charge in [-0.05, 0) is 46.3 Å². The highest BCUT2D eigenvalue weighted by Crippen LogP contribution is 2.38. The molecule has 0 heterocycles. The lowest BCUT2D eigenvalue weighted by molar-refractivity contribution is 0.103. The molecule has 110 valence electrons. The second kappa shape index (κ2) is 6.45. The SMILES string of the molecule is COc1ccc(C(=O)c2ccc(Cl)cc2F)c(OC)c1Br. The summed E-state index contributed by atoms with van der Waals surface area (Å²) in [7, 11) is 2.93. The number of ketones is 1. The van der Waals surface area contributed by atoms with Crippen LogP contribution in [-0.4, -0.2) is 20.0 Å². The molecule has 0 saturated heterocycles. The highest BCUT2D eigenvalue weighted by Gasteiger charge is 2.21. The Morgan fingerprint density at radius 1 is 1.14 bits per heavy atom. The van der Waals surface area contributed by atoms with Crippen LogP contribution < -0.4 is 9.47 Å². The van der Waals surface area contributed by atoms with Gasteiger partial charge in [0.15, 0.2) is 5.78 Å². The maximum Gasteiger partial charge on any atom is 0.199 e. The molecule has 0 aliphatic heterocycles. The van der Waals surface area contributed by atoms with Crippen LogP contribution >= 0.6 is 27.5 Å². The molecular formula is C15H11BrClFO3. The van der Waals surface area contributed by atoms with Crippen molar-refractivity contribution in [2.45, 2.75) is 0 Å². The second-order valence-electron chi connectivity index (χ2n) is 4.12. The third-order valence-electron chi connectivity index (χ3n) is 2.91. The summed E-state index contributed by atoms with van der Waals surface area (Å²) in [5.41, 5.74) is 0.154. The van der Waals surface area contributed by atoms with Crippen LogP contribution in [0.15, 0.2) is 34.8 Å². The number of methoxy groups -OCH3 is 2. The molecule has 2 aromatic carbocycles. The Balaban J connectivity index is 2.55. The standard InChI is InChI=1S/C15H11BrClFO3/c1-20-12-6-5-10(15(21-2)13(12)16)14(19)9-4-3-8(17)7-11(9)18/h3-7H,1-2H3. The van der Waals surface area contributed by atoms with Gasteiger partial charge in [0.05, 0.1) is 25.3 Å². The Labute approximate surface area is 134 Å². The van der Waals surface area contributed by atoms with E-state index in [9.17, 15) is 9.18 Å². The van der Waals surface area contributed by atoms with Crippen molar-refractivity contribution in [3.05, 3.63) is 56.8 Å². The number of carbonyl (C=O) groups excluding carboxylic acids is 1. The van der Waals surface area contributed by atoms with Gasteiger partial charge in [-0.25, -0.2) is 4.39 Å². The van der Waals surface area contributed by atoms with Crippen LogP contribution in [0.4, 0.5) is 4.39 Å². The van der Waals surface area contributed by atoms with E-state index in [2.05, 4.69) is 15.9 Å². The highest BCUT2D eigenvalue weighted by molar-refractivity contribution is 9.10. The van der Waals surface area contributed by atoms with E-state index in [1.54, 1.807) is 6.07 Å². The molecule has 0 aromatic heterocycles. The van der Waals surface area contributed by atoms with E-state index in [-0.39, 0.29) is 21.9 Å². The van der Waals surface area contributed by atoms with Crippen molar-refractivity contribution in [1.82, 2.24) is 0 Å². The summed E-state index contributed by atoms with van der Waals surface area (Å²) >= 11 is 9.00.